The van der Waals surface area contributed by atoms with Gasteiger partial charge in [-0.15, -0.1) is 0 Å². The molecular formula is C23H20N4O. The SMILES string of the molecule is Cc1nc(-c2ccccc2)cc(N(Cc2ccccn2)c2ccccc2O)n1. The molecule has 2 aromatic carbocycles. The van der Waals surface area contributed by atoms with Gasteiger partial charge in [0.2, 0.25) is 0 Å². The molecule has 0 aliphatic heterocycles. The van der Waals surface area contributed by atoms with Crippen molar-refractivity contribution in [2.24, 2.45) is 0 Å². The van der Waals surface area contributed by atoms with Crippen LogP contribution in [0.15, 0.2) is 85.1 Å². The fourth-order valence-corrected chi connectivity index (χ4v) is 3.08. The molecule has 5 heteroatoms. The van der Waals surface area contributed by atoms with Crippen molar-refractivity contribution in [1.29, 1.82) is 0 Å². The first-order valence-corrected chi connectivity index (χ1v) is 9.07. The Morgan fingerprint density at radius 2 is 1.61 bits per heavy atom. The van der Waals surface area contributed by atoms with Crippen molar-refractivity contribution >= 4 is 11.5 Å². The molecule has 1 N–H and O–H groups in total. The van der Waals surface area contributed by atoms with E-state index in [9.17, 15) is 5.11 Å². The van der Waals surface area contributed by atoms with Crippen LogP contribution < -0.4 is 4.90 Å². The lowest BCUT2D eigenvalue weighted by Crippen LogP contribution is -2.19. The van der Waals surface area contributed by atoms with E-state index < -0.39 is 0 Å². The third-order valence-electron chi connectivity index (χ3n) is 4.39. The molecule has 0 saturated heterocycles. The van der Waals surface area contributed by atoms with Crippen molar-refractivity contribution < 1.29 is 5.11 Å². The average Bonchev–Trinajstić information content (AvgIpc) is 2.74. The van der Waals surface area contributed by atoms with Crippen LogP contribution in [0, 0.1) is 6.92 Å². The molecule has 0 aliphatic carbocycles. The first kappa shape index (κ1) is 17.7. The van der Waals surface area contributed by atoms with Crippen LogP contribution in [0.4, 0.5) is 11.5 Å². The minimum atomic E-state index is 0.191. The second-order valence-electron chi connectivity index (χ2n) is 6.42. The van der Waals surface area contributed by atoms with Crippen LogP contribution in [0.25, 0.3) is 11.3 Å². The number of para-hydroxylation sites is 2. The molecule has 2 aromatic heterocycles. The molecule has 0 spiro atoms. The zero-order chi connectivity index (χ0) is 19.3. The Balaban J connectivity index is 1.82. The third kappa shape index (κ3) is 3.83. The summed E-state index contributed by atoms with van der Waals surface area (Å²) in [6.45, 7) is 2.35. The number of benzene rings is 2. The minimum absolute atomic E-state index is 0.191. The maximum atomic E-state index is 10.5. The van der Waals surface area contributed by atoms with Crippen molar-refractivity contribution in [2.45, 2.75) is 13.5 Å². The summed E-state index contributed by atoms with van der Waals surface area (Å²) in [7, 11) is 0. The van der Waals surface area contributed by atoms with Crippen LogP contribution in [-0.2, 0) is 6.54 Å². The summed E-state index contributed by atoms with van der Waals surface area (Å²) in [5.74, 6) is 1.56. The van der Waals surface area contributed by atoms with Gasteiger partial charge in [-0.25, -0.2) is 9.97 Å². The molecule has 0 atom stereocenters. The van der Waals surface area contributed by atoms with Crippen LogP contribution in [0.1, 0.15) is 11.5 Å². The number of phenolic OH excluding ortho intramolecular Hbond substituents is 1. The van der Waals surface area contributed by atoms with Gasteiger partial charge in [0.15, 0.2) is 0 Å². The second kappa shape index (κ2) is 7.88. The Morgan fingerprint density at radius 3 is 2.36 bits per heavy atom. The van der Waals surface area contributed by atoms with Gasteiger partial charge in [0.1, 0.15) is 17.4 Å². The molecule has 138 valence electrons. The number of aromatic hydroxyl groups is 1. The Labute approximate surface area is 164 Å². The smallest absolute Gasteiger partial charge is 0.139 e. The fraction of sp³-hybridized carbons (Fsp3) is 0.0870. The monoisotopic (exact) mass is 368 g/mol. The third-order valence-corrected chi connectivity index (χ3v) is 4.39. The number of anilines is 2. The van der Waals surface area contributed by atoms with Gasteiger partial charge < -0.3 is 10.0 Å². The van der Waals surface area contributed by atoms with E-state index in [4.69, 9.17) is 0 Å². The number of nitrogens with zero attached hydrogens (tertiary/aromatic N) is 4. The predicted octanol–water partition coefficient (Wildman–Crippen LogP) is 4.89. The predicted molar refractivity (Wildman–Crippen MR) is 110 cm³/mol. The molecule has 0 saturated carbocycles. The largest absolute Gasteiger partial charge is 0.506 e. The van der Waals surface area contributed by atoms with Crippen molar-refractivity contribution in [3.05, 3.63) is 96.6 Å². The van der Waals surface area contributed by atoms with Gasteiger partial charge in [0.25, 0.3) is 0 Å². The van der Waals surface area contributed by atoms with E-state index >= 15 is 0 Å². The number of hydrogen-bond donors (Lipinski definition) is 1. The zero-order valence-corrected chi connectivity index (χ0v) is 15.5. The maximum absolute atomic E-state index is 10.5. The lowest BCUT2D eigenvalue weighted by Gasteiger charge is -2.25. The summed E-state index contributed by atoms with van der Waals surface area (Å²) >= 11 is 0. The molecule has 28 heavy (non-hydrogen) atoms. The number of aryl methyl sites for hydroxylation is 1. The lowest BCUT2D eigenvalue weighted by atomic mass is 10.1. The van der Waals surface area contributed by atoms with Gasteiger partial charge in [-0.05, 0) is 31.2 Å². The highest BCUT2D eigenvalue weighted by Gasteiger charge is 2.17. The highest BCUT2D eigenvalue weighted by molar-refractivity contribution is 5.70. The van der Waals surface area contributed by atoms with Crippen LogP contribution in [-0.4, -0.2) is 20.1 Å². The first-order chi connectivity index (χ1) is 13.7. The Morgan fingerprint density at radius 1 is 0.857 bits per heavy atom. The molecule has 0 fully saturated rings. The standard InChI is InChI=1S/C23H20N4O/c1-17-25-20(18-9-3-2-4-10-18)15-23(26-17)27(16-19-11-7-8-14-24-19)21-12-5-6-13-22(21)28/h2-15,28H,16H2,1H3. The summed E-state index contributed by atoms with van der Waals surface area (Å²) in [5.41, 5.74) is 3.41. The highest BCUT2D eigenvalue weighted by Crippen LogP contribution is 2.34. The molecule has 4 rings (SSSR count). The number of aromatic nitrogens is 3. The second-order valence-corrected chi connectivity index (χ2v) is 6.42. The highest BCUT2D eigenvalue weighted by atomic mass is 16.3. The van der Waals surface area contributed by atoms with Crippen molar-refractivity contribution in [2.75, 3.05) is 4.90 Å². The lowest BCUT2D eigenvalue weighted by molar-refractivity contribution is 0.475. The van der Waals surface area contributed by atoms with Gasteiger partial charge in [0.05, 0.1) is 23.6 Å². The van der Waals surface area contributed by atoms with Gasteiger partial charge >= 0.3 is 0 Å². The normalized spacial score (nSPS) is 10.6. The maximum Gasteiger partial charge on any atom is 0.139 e. The van der Waals surface area contributed by atoms with Crippen molar-refractivity contribution in [3.8, 4) is 17.0 Å². The number of pyridine rings is 1. The van der Waals surface area contributed by atoms with E-state index in [1.165, 1.54) is 0 Å². The summed E-state index contributed by atoms with van der Waals surface area (Å²) in [6.07, 6.45) is 1.76. The van der Waals surface area contributed by atoms with Crippen LogP contribution in [0.2, 0.25) is 0 Å². The van der Waals surface area contributed by atoms with Crippen LogP contribution in [0.3, 0.4) is 0 Å². The molecule has 4 aromatic rings. The van der Waals surface area contributed by atoms with Gasteiger partial charge in [0, 0.05) is 17.8 Å². The molecule has 0 aliphatic rings. The number of hydrogen-bond acceptors (Lipinski definition) is 5. The van der Waals surface area contributed by atoms with E-state index in [1.54, 1.807) is 18.3 Å². The first-order valence-electron chi connectivity index (χ1n) is 9.07. The van der Waals surface area contributed by atoms with E-state index in [0.29, 0.717) is 23.9 Å². The van der Waals surface area contributed by atoms with E-state index in [2.05, 4.69) is 15.0 Å². The van der Waals surface area contributed by atoms with Gasteiger partial charge in [-0.3, -0.25) is 4.98 Å². The molecular weight excluding hydrogens is 348 g/mol. The topological polar surface area (TPSA) is 62.1 Å². The van der Waals surface area contributed by atoms with Crippen LogP contribution >= 0.6 is 0 Å². The summed E-state index contributed by atoms with van der Waals surface area (Å²) in [6, 6.07) is 25.0. The van der Waals surface area contributed by atoms with Gasteiger partial charge in [-0.1, -0.05) is 48.5 Å². The Bertz CT molecular complexity index is 1070. The summed E-state index contributed by atoms with van der Waals surface area (Å²) < 4.78 is 0. The summed E-state index contributed by atoms with van der Waals surface area (Å²) in [5, 5.41) is 10.5. The zero-order valence-electron chi connectivity index (χ0n) is 15.5. The molecule has 0 bridgehead atoms. The van der Waals surface area contributed by atoms with E-state index in [-0.39, 0.29) is 5.75 Å². The summed E-state index contributed by atoms with van der Waals surface area (Å²) in [4.78, 5) is 15.6. The van der Waals surface area contributed by atoms with Gasteiger partial charge in [-0.2, -0.15) is 0 Å². The Hall–Kier alpha value is -3.73. The van der Waals surface area contributed by atoms with E-state index in [0.717, 1.165) is 17.0 Å². The number of phenols is 1. The minimum Gasteiger partial charge on any atom is -0.506 e. The van der Waals surface area contributed by atoms with Crippen molar-refractivity contribution in [3.63, 3.8) is 0 Å². The number of rotatable bonds is 5. The molecule has 5 nitrogen and oxygen atoms in total. The molecule has 2 heterocycles. The van der Waals surface area contributed by atoms with Crippen molar-refractivity contribution in [1.82, 2.24) is 15.0 Å². The Kier molecular flexibility index (Phi) is 4.97. The molecule has 0 unspecified atom stereocenters. The quantitative estimate of drug-likeness (QED) is 0.543. The molecule has 0 radical (unpaired) electrons. The van der Waals surface area contributed by atoms with Crippen LogP contribution in [0.5, 0.6) is 5.75 Å². The van der Waals surface area contributed by atoms with E-state index in [1.807, 2.05) is 78.6 Å². The fourth-order valence-electron chi connectivity index (χ4n) is 3.08. The average molecular weight is 368 g/mol. The molecule has 0 amide bonds.